The first-order valence-electron chi connectivity index (χ1n) is 8.03. The van der Waals surface area contributed by atoms with E-state index in [1.807, 2.05) is 6.07 Å². The third-order valence-electron chi connectivity index (χ3n) is 4.12. The summed E-state index contributed by atoms with van der Waals surface area (Å²) in [6.07, 6.45) is 0.549. The first kappa shape index (κ1) is 17.7. The number of methoxy groups -OCH3 is 3. The molecule has 0 saturated heterocycles. The van der Waals surface area contributed by atoms with Crippen molar-refractivity contribution in [1.82, 2.24) is 5.01 Å². The Morgan fingerprint density at radius 2 is 1.85 bits per heavy atom. The van der Waals surface area contributed by atoms with Crippen LogP contribution in [0.5, 0.6) is 17.2 Å². The van der Waals surface area contributed by atoms with Gasteiger partial charge in [-0.15, -0.1) is 0 Å². The van der Waals surface area contributed by atoms with Crippen LogP contribution in [0, 0.1) is 5.82 Å². The summed E-state index contributed by atoms with van der Waals surface area (Å²) in [5, 5.41) is 5.74. The maximum atomic E-state index is 13.4. The van der Waals surface area contributed by atoms with Crippen molar-refractivity contribution in [2.24, 2.45) is 5.10 Å². The van der Waals surface area contributed by atoms with Gasteiger partial charge in [-0.25, -0.2) is 9.40 Å². The molecule has 0 radical (unpaired) electrons. The van der Waals surface area contributed by atoms with Crippen molar-refractivity contribution >= 4 is 11.6 Å². The molecule has 0 spiro atoms. The Kier molecular flexibility index (Phi) is 5.06. The molecule has 0 bridgehead atoms. The second kappa shape index (κ2) is 7.43. The van der Waals surface area contributed by atoms with Crippen LogP contribution in [0.4, 0.5) is 4.39 Å². The van der Waals surface area contributed by atoms with E-state index in [0.717, 1.165) is 5.56 Å². The third-order valence-corrected chi connectivity index (χ3v) is 4.12. The van der Waals surface area contributed by atoms with Crippen LogP contribution < -0.4 is 14.2 Å². The van der Waals surface area contributed by atoms with Gasteiger partial charge in [-0.3, -0.25) is 4.79 Å². The minimum absolute atomic E-state index is 0.259. The van der Waals surface area contributed by atoms with Gasteiger partial charge in [0, 0.05) is 17.5 Å². The number of benzene rings is 2. The fraction of sp³-hybridized carbons (Fsp3) is 0.263. The molecule has 2 aromatic carbocycles. The first-order chi connectivity index (χ1) is 12.6. The highest BCUT2D eigenvalue weighted by Gasteiger charge is 2.26. The molecule has 6 nitrogen and oxygen atoms in total. The van der Waals surface area contributed by atoms with Crippen LogP contribution in [0.2, 0.25) is 0 Å². The molecule has 0 aliphatic carbocycles. The number of amides is 1. The Morgan fingerprint density at radius 1 is 1.08 bits per heavy atom. The van der Waals surface area contributed by atoms with Crippen LogP contribution >= 0.6 is 0 Å². The minimum Gasteiger partial charge on any atom is -0.493 e. The molecule has 136 valence electrons. The van der Waals surface area contributed by atoms with Crippen LogP contribution in [0.25, 0.3) is 0 Å². The molecule has 1 aliphatic heterocycles. The Hall–Kier alpha value is -3.09. The lowest BCUT2D eigenvalue weighted by atomic mass is 10.1. The van der Waals surface area contributed by atoms with Gasteiger partial charge >= 0.3 is 0 Å². The molecule has 0 N–H and O–H groups in total. The van der Waals surface area contributed by atoms with Gasteiger partial charge in [0.05, 0.1) is 33.6 Å². The molecular formula is C19H19FN2O4. The summed E-state index contributed by atoms with van der Waals surface area (Å²) in [6.45, 7) is 0.405. The lowest BCUT2D eigenvalue weighted by Gasteiger charge is -2.15. The second-order valence-electron chi connectivity index (χ2n) is 5.62. The molecule has 0 unspecified atom stereocenters. The van der Waals surface area contributed by atoms with E-state index in [2.05, 4.69) is 5.10 Å². The number of carbonyl (C=O) groups is 1. The van der Waals surface area contributed by atoms with E-state index in [9.17, 15) is 9.18 Å². The summed E-state index contributed by atoms with van der Waals surface area (Å²) in [7, 11) is 4.61. The van der Waals surface area contributed by atoms with E-state index >= 15 is 0 Å². The highest BCUT2D eigenvalue weighted by atomic mass is 19.1. The molecule has 3 rings (SSSR count). The lowest BCUT2D eigenvalue weighted by Crippen LogP contribution is -2.23. The summed E-state index contributed by atoms with van der Waals surface area (Å²) >= 11 is 0. The van der Waals surface area contributed by atoms with E-state index in [1.165, 1.54) is 37.4 Å². The Labute approximate surface area is 150 Å². The van der Waals surface area contributed by atoms with Crippen LogP contribution in [0.3, 0.4) is 0 Å². The molecule has 2 aromatic rings. The van der Waals surface area contributed by atoms with Crippen molar-refractivity contribution in [3.63, 3.8) is 0 Å². The number of hydrazone groups is 1. The number of hydrogen-bond acceptors (Lipinski definition) is 5. The zero-order valence-corrected chi connectivity index (χ0v) is 14.8. The molecule has 1 aliphatic rings. The van der Waals surface area contributed by atoms with Gasteiger partial charge in [0.25, 0.3) is 5.91 Å². The van der Waals surface area contributed by atoms with Gasteiger partial charge in [0.15, 0.2) is 11.5 Å². The highest BCUT2D eigenvalue weighted by molar-refractivity contribution is 6.06. The number of carbonyl (C=O) groups excluding carboxylic acids is 1. The van der Waals surface area contributed by atoms with Gasteiger partial charge in [-0.05, 0) is 30.3 Å². The second-order valence-corrected chi connectivity index (χ2v) is 5.62. The average Bonchev–Trinajstić information content (AvgIpc) is 3.15. The maximum Gasteiger partial charge on any atom is 0.274 e. The smallest absolute Gasteiger partial charge is 0.274 e. The molecule has 0 saturated carbocycles. The zero-order chi connectivity index (χ0) is 18.7. The summed E-state index contributed by atoms with van der Waals surface area (Å²) in [6, 6.07) is 9.14. The van der Waals surface area contributed by atoms with Crippen LogP contribution in [-0.2, 0) is 0 Å². The van der Waals surface area contributed by atoms with Gasteiger partial charge < -0.3 is 14.2 Å². The Bertz CT molecular complexity index is 867. The summed E-state index contributed by atoms with van der Waals surface area (Å²) in [5.41, 5.74) is 1.67. The highest BCUT2D eigenvalue weighted by Crippen LogP contribution is 2.40. The number of halogens is 1. The van der Waals surface area contributed by atoms with Crippen LogP contribution in [0.15, 0.2) is 41.5 Å². The van der Waals surface area contributed by atoms with Gasteiger partial charge in [0.2, 0.25) is 5.75 Å². The van der Waals surface area contributed by atoms with Crippen LogP contribution in [0.1, 0.15) is 22.3 Å². The fourth-order valence-corrected chi connectivity index (χ4v) is 2.89. The van der Waals surface area contributed by atoms with Crippen molar-refractivity contribution in [1.29, 1.82) is 0 Å². The van der Waals surface area contributed by atoms with Crippen molar-refractivity contribution in [2.45, 2.75) is 6.42 Å². The molecule has 0 fully saturated rings. The minimum atomic E-state index is -0.458. The molecule has 1 heterocycles. The van der Waals surface area contributed by atoms with E-state index < -0.39 is 5.82 Å². The average molecular weight is 358 g/mol. The summed E-state index contributed by atoms with van der Waals surface area (Å²) < 4.78 is 29.5. The Morgan fingerprint density at radius 3 is 2.50 bits per heavy atom. The number of ether oxygens (including phenoxy) is 3. The predicted octanol–water partition coefficient (Wildman–Crippen LogP) is 3.10. The third kappa shape index (κ3) is 3.20. The van der Waals surface area contributed by atoms with Gasteiger partial charge in [-0.1, -0.05) is 6.07 Å². The maximum absolute atomic E-state index is 13.4. The van der Waals surface area contributed by atoms with Gasteiger partial charge in [0.1, 0.15) is 5.82 Å². The molecule has 26 heavy (non-hydrogen) atoms. The van der Waals surface area contributed by atoms with E-state index in [-0.39, 0.29) is 11.5 Å². The van der Waals surface area contributed by atoms with E-state index in [4.69, 9.17) is 14.2 Å². The lowest BCUT2D eigenvalue weighted by molar-refractivity contribution is 0.0778. The van der Waals surface area contributed by atoms with Gasteiger partial charge in [-0.2, -0.15) is 5.10 Å². The fourth-order valence-electron chi connectivity index (χ4n) is 2.89. The monoisotopic (exact) mass is 358 g/mol. The topological polar surface area (TPSA) is 60.4 Å². The number of hydrogen-bond donors (Lipinski definition) is 0. The summed E-state index contributed by atoms with van der Waals surface area (Å²) in [4.78, 5) is 12.5. The zero-order valence-electron chi connectivity index (χ0n) is 14.8. The largest absolute Gasteiger partial charge is 0.493 e. The van der Waals surface area contributed by atoms with E-state index in [1.54, 1.807) is 19.2 Å². The molecule has 7 heteroatoms. The van der Waals surface area contributed by atoms with E-state index in [0.29, 0.717) is 35.9 Å². The van der Waals surface area contributed by atoms with Crippen molar-refractivity contribution in [2.75, 3.05) is 27.9 Å². The first-order valence-corrected chi connectivity index (χ1v) is 8.03. The standard InChI is InChI=1S/C19H19FN2O4/c1-24-16-8-7-14(17(25-2)18(16)26-3)15-9-10-22(21-15)19(23)12-5-4-6-13(20)11-12/h4-8,11H,9-10H2,1-3H3. The molecule has 1 amide bonds. The quantitative estimate of drug-likeness (QED) is 0.824. The number of rotatable bonds is 5. The normalized spacial score (nSPS) is 13.4. The molecule has 0 atom stereocenters. The SMILES string of the molecule is COc1ccc(C2=NN(C(=O)c3cccc(F)c3)CC2)c(OC)c1OC. The molecule has 0 aromatic heterocycles. The van der Waals surface area contributed by atoms with Crippen LogP contribution in [-0.4, -0.2) is 44.5 Å². The Balaban J connectivity index is 1.94. The van der Waals surface area contributed by atoms with Crippen molar-refractivity contribution in [3.05, 3.63) is 53.3 Å². The van der Waals surface area contributed by atoms with Crippen molar-refractivity contribution in [3.8, 4) is 17.2 Å². The summed E-state index contributed by atoms with van der Waals surface area (Å²) in [5.74, 6) is 0.690. The van der Waals surface area contributed by atoms with Crippen molar-refractivity contribution < 1.29 is 23.4 Å². The predicted molar refractivity (Wildman–Crippen MR) is 94.7 cm³/mol. The molecular weight excluding hydrogens is 339 g/mol. The number of nitrogens with zero attached hydrogens (tertiary/aromatic N) is 2.